The number of hydrogen-bond donors (Lipinski definition) is 0. The molecule has 1 rings (SSSR count). The second-order valence-corrected chi connectivity index (χ2v) is 4.58. The zero-order valence-corrected chi connectivity index (χ0v) is 11.1. The maximum Gasteiger partial charge on any atom is 0.311 e. The van der Waals surface area contributed by atoms with Crippen LogP contribution in [0.25, 0.3) is 0 Å². The van der Waals surface area contributed by atoms with Crippen LogP contribution in [0.5, 0.6) is 5.75 Å². The summed E-state index contributed by atoms with van der Waals surface area (Å²) >= 11 is 3.36. The Morgan fingerprint density at radius 3 is 2.81 bits per heavy atom. The average Bonchev–Trinajstić information content (AvgIpc) is 2.24. The Labute approximate surface area is 105 Å². The first kappa shape index (κ1) is 13.2. The molecule has 0 fully saturated rings. The number of carbonyl (C=O) groups is 1. The van der Waals surface area contributed by atoms with Gasteiger partial charge in [0.1, 0.15) is 5.75 Å². The smallest absolute Gasteiger partial charge is 0.311 e. The third-order valence-electron chi connectivity index (χ3n) is 2.24. The predicted molar refractivity (Wildman–Crippen MR) is 69.1 cm³/mol. The highest BCUT2D eigenvalue weighted by atomic mass is 79.9. The van der Waals surface area contributed by atoms with Gasteiger partial charge in [-0.3, -0.25) is 4.79 Å². The molecule has 0 heterocycles. The van der Waals surface area contributed by atoms with Gasteiger partial charge in [0, 0.05) is 11.8 Å². The van der Waals surface area contributed by atoms with E-state index in [1.807, 2.05) is 31.2 Å². The van der Waals surface area contributed by atoms with Crippen molar-refractivity contribution < 1.29 is 9.53 Å². The first-order valence-electron chi connectivity index (χ1n) is 5.55. The van der Waals surface area contributed by atoms with Crippen LogP contribution >= 0.6 is 15.9 Å². The number of alkyl halides is 1. The molecule has 0 radical (unpaired) electrons. The van der Waals surface area contributed by atoms with Gasteiger partial charge in [-0.25, -0.2) is 0 Å². The van der Waals surface area contributed by atoms with E-state index in [-0.39, 0.29) is 5.97 Å². The van der Waals surface area contributed by atoms with Crippen molar-refractivity contribution in [3.05, 3.63) is 29.8 Å². The summed E-state index contributed by atoms with van der Waals surface area (Å²) in [6.45, 7) is 1.98. The fourth-order valence-corrected chi connectivity index (χ4v) is 1.80. The molecule has 0 aliphatic carbocycles. The standard InChI is InChI=1S/C13H17BrO2/c1-11-6-5-7-12(10-11)16-13(15)8-3-2-4-9-14/h5-7,10H,2-4,8-9H2,1H3. The van der Waals surface area contributed by atoms with Gasteiger partial charge in [-0.15, -0.1) is 0 Å². The van der Waals surface area contributed by atoms with E-state index in [4.69, 9.17) is 4.74 Å². The number of carbonyl (C=O) groups excluding carboxylic acids is 1. The van der Waals surface area contributed by atoms with Crippen LogP contribution in [0.1, 0.15) is 31.2 Å². The quantitative estimate of drug-likeness (QED) is 0.343. The van der Waals surface area contributed by atoms with E-state index in [0.717, 1.165) is 30.2 Å². The highest BCUT2D eigenvalue weighted by Crippen LogP contribution is 2.13. The molecule has 0 bridgehead atoms. The lowest BCUT2D eigenvalue weighted by Crippen LogP contribution is -2.07. The summed E-state index contributed by atoms with van der Waals surface area (Å²) < 4.78 is 5.22. The van der Waals surface area contributed by atoms with E-state index >= 15 is 0 Å². The van der Waals surface area contributed by atoms with Crippen LogP contribution in [-0.4, -0.2) is 11.3 Å². The van der Waals surface area contributed by atoms with Gasteiger partial charge in [-0.05, 0) is 37.5 Å². The van der Waals surface area contributed by atoms with Gasteiger partial charge in [0.25, 0.3) is 0 Å². The molecule has 0 unspecified atom stereocenters. The molecule has 2 nitrogen and oxygen atoms in total. The number of hydrogen-bond acceptors (Lipinski definition) is 2. The van der Waals surface area contributed by atoms with Crippen molar-refractivity contribution in [1.82, 2.24) is 0 Å². The third kappa shape index (κ3) is 5.31. The number of unbranched alkanes of at least 4 members (excludes halogenated alkanes) is 2. The van der Waals surface area contributed by atoms with Crippen LogP contribution in [0.2, 0.25) is 0 Å². The molecule has 1 aromatic rings. The number of aryl methyl sites for hydroxylation is 1. The first-order valence-corrected chi connectivity index (χ1v) is 6.68. The molecular weight excluding hydrogens is 268 g/mol. The lowest BCUT2D eigenvalue weighted by atomic mass is 10.2. The number of esters is 1. The van der Waals surface area contributed by atoms with E-state index in [2.05, 4.69) is 15.9 Å². The largest absolute Gasteiger partial charge is 0.427 e. The molecule has 0 aliphatic heterocycles. The van der Waals surface area contributed by atoms with Gasteiger partial charge >= 0.3 is 5.97 Å². The lowest BCUT2D eigenvalue weighted by Gasteiger charge is -2.04. The molecule has 0 aromatic heterocycles. The number of ether oxygens (including phenoxy) is 1. The zero-order chi connectivity index (χ0) is 11.8. The Morgan fingerprint density at radius 1 is 1.31 bits per heavy atom. The summed E-state index contributed by atoms with van der Waals surface area (Å²) in [4.78, 5) is 11.5. The molecule has 0 atom stereocenters. The summed E-state index contributed by atoms with van der Waals surface area (Å²) in [5.41, 5.74) is 1.10. The molecule has 0 aliphatic rings. The molecule has 0 amide bonds. The fourth-order valence-electron chi connectivity index (χ4n) is 1.40. The molecule has 88 valence electrons. The molecular formula is C13H17BrO2. The van der Waals surface area contributed by atoms with E-state index in [1.165, 1.54) is 0 Å². The molecule has 1 aromatic carbocycles. The van der Waals surface area contributed by atoms with Gasteiger partial charge in [-0.2, -0.15) is 0 Å². The second-order valence-electron chi connectivity index (χ2n) is 3.79. The number of halogens is 1. The molecule has 16 heavy (non-hydrogen) atoms. The third-order valence-corrected chi connectivity index (χ3v) is 2.80. The van der Waals surface area contributed by atoms with Gasteiger partial charge < -0.3 is 4.74 Å². The monoisotopic (exact) mass is 284 g/mol. The van der Waals surface area contributed by atoms with E-state index in [0.29, 0.717) is 12.2 Å². The van der Waals surface area contributed by atoms with E-state index in [1.54, 1.807) is 0 Å². The summed E-state index contributed by atoms with van der Waals surface area (Å²) in [7, 11) is 0. The van der Waals surface area contributed by atoms with Crippen molar-refractivity contribution >= 4 is 21.9 Å². The Morgan fingerprint density at radius 2 is 2.12 bits per heavy atom. The van der Waals surface area contributed by atoms with Crippen LogP contribution < -0.4 is 4.74 Å². The molecule has 0 N–H and O–H groups in total. The molecule has 0 saturated heterocycles. The van der Waals surface area contributed by atoms with Crippen LogP contribution in [0.15, 0.2) is 24.3 Å². The minimum Gasteiger partial charge on any atom is -0.427 e. The Bertz CT molecular complexity index is 336. The Balaban J connectivity index is 2.29. The predicted octanol–water partition coefficient (Wildman–Crippen LogP) is 3.86. The fraction of sp³-hybridized carbons (Fsp3) is 0.462. The van der Waals surface area contributed by atoms with Crippen LogP contribution in [-0.2, 0) is 4.79 Å². The zero-order valence-electron chi connectivity index (χ0n) is 9.54. The van der Waals surface area contributed by atoms with Gasteiger partial charge in [0.15, 0.2) is 0 Å². The maximum atomic E-state index is 11.5. The van der Waals surface area contributed by atoms with Crippen molar-refractivity contribution in [1.29, 1.82) is 0 Å². The highest BCUT2D eigenvalue weighted by Gasteiger charge is 2.04. The van der Waals surface area contributed by atoms with Crippen LogP contribution in [0, 0.1) is 6.92 Å². The van der Waals surface area contributed by atoms with Gasteiger partial charge in [-0.1, -0.05) is 34.5 Å². The normalized spacial score (nSPS) is 10.1. The van der Waals surface area contributed by atoms with Crippen molar-refractivity contribution in [2.24, 2.45) is 0 Å². The second kappa shape index (κ2) is 7.44. The number of benzene rings is 1. The molecule has 3 heteroatoms. The van der Waals surface area contributed by atoms with E-state index in [9.17, 15) is 4.79 Å². The summed E-state index contributed by atoms with van der Waals surface area (Å²) in [5.74, 6) is 0.505. The maximum absolute atomic E-state index is 11.5. The molecule has 0 spiro atoms. The lowest BCUT2D eigenvalue weighted by molar-refractivity contribution is -0.134. The highest BCUT2D eigenvalue weighted by molar-refractivity contribution is 9.09. The van der Waals surface area contributed by atoms with Crippen molar-refractivity contribution in [2.75, 3.05) is 5.33 Å². The summed E-state index contributed by atoms with van der Waals surface area (Å²) in [5, 5.41) is 1.000. The minimum atomic E-state index is -0.139. The number of rotatable bonds is 6. The first-order chi connectivity index (χ1) is 7.72. The average molecular weight is 285 g/mol. The van der Waals surface area contributed by atoms with Crippen LogP contribution in [0.3, 0.4) is 0 Å². The summed E-state index contributed by atoms with van der Waals surface area (Å²) in [6.07, 6.45) is 3.57. The van der Waals surface area contributed by atoms with E-state index < -0.39 is 0 Å². The van der Waals surface area contributed by atoms with Crippen molar-refractivity contribution in [2.45, 2.75) is 32.6 Å². The van der Waals surface area contributed by atoms with Crippen LogP contribution in [0.4, 0.5) is 0 Å². The Hall–Kier alpha value is -0.830. The molecule has 0 saturated carbocycles. The Kier molecular flexibility index (Phi) is 6.16. The van der Waals surface area contributed by atoms with Crippen molar-refractivity contribution in [3.63, 3.8) is 0 Å². The van der Waals surface area contributed by atoms with Crippen molar-refractivity contribution in [3.8, 4) is 5.75 Å². The SMILES string of the molecule is Cc1cccc(OC(=O)CCCCCBr)c1. The summed E-state index contributed by atoms with van der Waals surface area (Å²) in [6, 6.07) is 7.55. The van der Waals surface area contributed by atoms with Gasteiger partial charge in [0.2, 0.25) is 0 Å². The minimum absolute atomic E-state index is 0.139. The topological polar surface area (TPSA) is 26.3 Å². The van der Waals surface area contributed by atoms with Gasteiger partial charge in [0.05, 0.1) is 0 Å².